The number of hydrogen-bond donors (Lipinski definition) is 2. The minimum absolute atomic E-state index is 0.0164. The van der Waals surface area contributed by atoms with Crippen LogP contribution >= 0.6 is 0 Å². The smallest absolute Gasteiger partial charge is 0.229 e. The van der Waals surface area contributed by atoms with Crippen molar-refractivity contribution in [3.05, 3.63) is 60.8 Å². The quantitative estimate of drug-likeness (QED) is 0.676. The summed E-state index contributed by atoms with van der Waals surface area (Å²) < 4.78 is 5.24. The molecule has 0 bridgehead atoms. The summed E-state index contributed by atoms with van der Waals surface area (Å²) in [4.78, 5) is 23.4. The highest BCUT2D eigenvalue weighted by atomic mass is 16.5. The number of amides is 1. The van der Waals surface area contributed by atoms with Gasteiger partial charge in [0.25, 0.3) is 0 Å². The Morgan fingerprint density at radius 2 is 1.97 bits per heavy atom. The normalized spacial score (nSPS) is 16.2. The molecule has 1 aliphatic rings. The summed E-state index contributed by atoms with van der Waals surface area (Å²) in [7, 11) is 1.65. The molecule has 1 aliphatic heterocycles. The molecule has 0 aliphatic carbocycles. The molecule has 2 heterocycles. The maximum Gasteiger partial charge on any atom is 0.229 e. The predicted molar refractivity (Wildman–Crippen MR) is 118 cm³/mol. The molecule has 3 aromatic rings. The number of methoxy groups -OCH3 is 1. The lowest BCUT2D eigenvalue weighted by Gasteiger charge is -2.33. The number of anilines is 3. The van der Waals surface area contributed by atoms with Gasteiger partial charge in [-0.15, -0.1) is 0 Å². The summed E-state index contributed by atoms with van der Waals surface area (Å²) in [5.74, 6) is 1.70. The van der Waals surface area contributed by atoms with E-state index in [2.05, 4.69) is 20.2 Å². The summed E-state index contributed by atoms with van der Waals surface area (Å²) in [6.07, 6.45) is 3.40. The number of ether oxygens (including phenoxy) is 1. The van der Waals surface area contributed by atoms with E-state index in [0.717, 1.165) is 47.8 Å². The van der Waals surface area contributed by atoms with Gasteiger partial charge in [-0.2, -0.15) is 4.98 Å². The Labute approximate surface area is 175 Å². The van der Waals surface area contributed by atoms with Gasteiger partial charge in [-0.25, -0.2) is 4.98 Å². The Morgan fingerprint density at radius 3 is 2.73 bits per heavy atom. The number of piperidine rings is 1. The zero-order chi connectivity index (χ0) is 20.9. The third-order valence-corrected chi connectivity index (χ3v) is 5.36. The average Bonchev–Trinajstić information content (AvgIpc) is 2.79. The number of para-hydroxylation sites is 1. The van der Waals surface area contributed by atoms with E-state index in [1.807, 2.05) is 54.6 Å². The number of nitrogens with one attached hydrogen (secondary N) is 1. The first-order valence-electron chi connectivity index (χ1n) is 10.0. The van der Waals surface area contributed by atoms with Crippen molar-refractivity contribution in [2.45, 2.75) is 12.8 Å². The zero-order valence-electron chi connectivity index (χ0n) is 16.9. The molecule has 1 amide bonds. The molecule has 3 N–H and O–H groups in total. The van der Waals surface area contributed by atoms with Gasteiger partial charge >= 0.3 is 0 Å². The molecule has 30 heavy (non-hydrogen) atoms. The van der Waals surface area contributed by atoms with Crippen molar-refractivity contribution in [2.75, 3.05) is 36.1 Å². The molecule has 1 atom stereocenters. The van der Waals surface area contributed by atoms with Gasteiger partial charge in [0.15, 0.2) is 0 Å². The highest BCUT2D eigenvalue weighted by Crippen LogP contribution is 2.30. The third-order valence-electron chi connectivity index (χ3n) is 5.36. The molecule has 0 spiro atoms. The highest BCUT2D eigenvalue weighted by Gasteiger charge is 2.27. The molecule has 1 fully saturated rings. The van der Waals surface area contributed by atoms with Crippen LogP contribution in [0.3, 0.4) is 0 Å². The maximum absolute atomic E-state index is 13.1. The van der Waals surface area contributed by atoms with Gasteiger partial charge in [0.05, 0.1) is 13.0 Å². The van der Waals surface area contributed by atoms with Crippen molar-refractivity contribution in [3.63, 3.8) is 0 Å². The number of benzene rings is 2. The number of carbonyl (C=O) groups is 1. The topological polar surface area (TPSA) is 93.4 Å². The van der Waals surface area contributed by atoms with Gasteiger partial charge in [-0.05, 0) is 42.7 Å². The van der Waals surface area contributed by atoms with Crippen LogP contribution in [0.5, 0.6) is 5.75 Å². The fourth-order valence-electron chi connectivity index (χ4n) is 3.79. The summed E-state index contributed by atoms with van der Waals surface area (Å²) in [6.45, 7) is 1.45. The van der Waals surface area contributed by atoms with E-state index < -0.39 is 0 Å². The second-order valence-corrected chi connectivity index (χ2v) is 7.32. The standard InChI is InChI=1S/C23H25N5O2/c1-30-18-10-8-16(9-11-18)19-6-2-3-7-20(19)26-22(29)17-5-4-14-28(15-17)21-12-13-25-23(24)27-21/h2-3,6-13,17H,4-5,14-15H2,1H3,(H,26,29)(H2,24,25,27). The summed E-state index contributed by atoms with van der Waals surface area (Å²) in [6, 6.07) is 17.5. The first kappa shape index (κ1) is 19.7. The minimum Gasteiger partial charge on any atom is -0.497 e. The van der Waals surface area contributed by atoms with E-state index in [4.69, 9.17) is 10.5 Å². The van der Waals surface area contributed by atoms with Crippen molar-refractivity contribution in [1.82, 2.24) is 9.97 Å². The van der Waals surface area contributed by atoms with Gasteiger partial charge < -0.3 is 20.7 Å². The van der Waals surface area contributed by atoms with Gasteiger partial charge in [0.1, 0.15) is 11.6 Å². The molecule has 1 aromatic heterocycles. The van der Waals surface area contributed by atoms with E-state index in [0.29, 0.717) is 6.54 Å². The molecule has 1 unspecified atom stereocenters. The van der Waals surface area contributed by atoms with Crippen LogP contribution in [0.25, 0.3) is 11.1 Å². The Kier molecular flexibility index (Phi) is 5.79. The van der Waals surface area contributed by atoms with E-state index >= 15 is 0 Å². The molecular formula is C23H25N5O2. The predicted octanol–water partition coefficient (Wildman–Crippen LogP) is 3.59. The molecule has 1 saturated heterocycles. The van der Waals surface area contributed by atoms with Crippen LogP contribution in [0.2, 0.25) is 0 Å². The van der Waals surface area contributed by atoms with Crippen LogP contribution in [0.4, 0.5) is 17.5 Å². The van der Waals surface area contributed by atoms with Crippen molar-refractivity contribution in [1.29, 1.82) is 0 Å². The maximum atomic E-state index is 13.1. The number of hydrogen-bond acceptors (Lipinski definition) is 6. The molecule has 7 heteroatoms. The van der Waals surface area contributed by atoms with Gasteiger partial charge in [-0.3, -0.25) is 4.79 Å². The van der Waals surface area contributed by atoms with Crippen molar-refractivity contribution < 1.29 is 9.53 Å². The molecule has 0 saturated carbocycles. The third kappa shape index (κ3) is 4.35. The first-order valence-corrected chi connectivity index (χ1v) is 10.0. The lowest BCUT2D eigenvalue weighted by atomic mass is 9.96. The highest BCUT2D eigenvalue weighted by molar-refractivity contribution is 5.97. The van der Waals surface area contributed by atoms with Crippen LogP contribution in [0.1, 0.15) is 12.8 Å². The van der Waals surface area contributed by atoms with Crippen molar-refractivity contribution in [3.8, 4) is 16.9 Å². The fourth-order valence-corrected chi connectivity index (χ4v) is 3.79. The Morgan fingerprint density at radius 1 is 1.17 bits per heavy atom. The average molecular weight is 403 g/mol. The van der Waals surface area contributed by atoms with E-state index in [9.17, 15) is 4.79 Å². The van der Waals surface area contributed by atoms with Gasteiger partial charge in [0, 0.05) is 30.5 Å². The van der Waals surface area contributed by atoms with Crippen molar-refractivity contribution in [2.24, 2.45) is 5.92 Å². The van der Waals surface area contributed by atoms with Gasteiger partial charge in [0.2, 0.25) is 11.9 Å². The fraction of sp³-hybridized carbons (Fsp3) is 0.261. The number of nitrogens with two attached hydrogens (primary N) is 1. The summed E-state index contributed by atoms with van der Waals surface area (Å²) >= 11 is 0. The van der Waals surface area contributed by atoms with E-state index in [1.165, 1.54) is 0 Å². The number of nitrogens with zero attached hydrogens (tertiary/aromatic N) is 3. The monoisotopic (exact) mass is 403 g/mol. The lowest BCUT2D eigenvalue weighted by Crippen LogP contribution is -2.41. The van der Waals surface area contributed by atoms with E-state index in [1.54, 1.807) is 13.3 Å². The Hall–Kier alpha value is -3.61. The van der Waals surface area contributed by atoms with Crippen LogP contribution in [0, 0.1) is 5.92 Å². The Bertz CT molecular complexity index is 1020. The second-order valence-electron chi connectivity index (χ2n) is 7.32. The SMILES string of the molecule is COc1ccc(-c2ccccc2NC(=O)C2CCCN(c3ccnc(N)n3)C2)cc1. The summed E-state index contributed by atoms with van der Waals surface area (Å²) in [5.41, 5.74) is 8.52. The molecule has 4 rings (SSSR count). The van der Waals surface area contributed by atoms with Crippen LogP contribution in [0.15, 0.2) is 60.8 Å². The molecule has 7 nitrogen and oxygen atoms in total. The first-order chi connectivity index (χ1) is 14.6. The van der Waals surface area contributed by atoms with E-state index in [-0.39, 0.29) is 17.8 Å². The van der Waals surface area contributed by atoms with Crippen LogP contribution < -0.4 is 20.7 Å². The molecule has 0 radical (unpaired) electrons. The second kappa shape index (κ2) is 8.82. The molecule has 2 aromatic carbocycles. The van der Waals surface area contributed by atoms with Crippen molar-refractivity contribution >= 4 is 23.4 Å². The van der Waals surface area contributed by atoms with Crippen LogP contribution in [-0.4, -0.2) is 36.1 Å². The summed E-state index contributed by atoms with van der Waals surface area (Å²) in [5, 5.41) is 3.14. The number of rotatable bonds is 5. The lowest BCUT2D eigenvalue weighted by molar-refractivity contribution is -0.120. The van der Waals surface area contributed by atoms with Gasteiger partial charge in [-0.1, -0.05) is 30.3 Å². The molecule has 154 valence electrons. The Balaban J connectivity index is 1.50. The minimum atomic E-state index is -0.126. The number of carbonyl (C=O) groups excluding carboxylic acids is 1. The zero-order valence-corrected chi connectivity index (χ0v) is 16.9. The number of nitrogen functional groups attached to an aromatic ring is 1. The van der Waals surface area contributed by atoms with Crippen LogP contribution in [-0.2, 0) is 4.79 Å². The largest absolute Gasteiger partial charge is 0.497 e. The number of aromatic nitrogens is 2. The molecular weight excluding hydrogens is 378 g/mol.